The number of nitrogens with zero attached hydrogens (tertiary/aromatic N) is 2. The maximum atomic E-state index is 13.4. The van der Waals surface area contributed by atoms with E-state index in [0.717, 1.165) is 16.1 Å². The van der Waals surface area contributed by atoms with Crippen LogP contribution in [0.1, 0.15) is 31.9 Å². The van der Waals surface area contributed by atoms with Gasteiger partial charge in [0.2, 0.25) is 21.8 Å². The first-order chi connectivity index (χ1) is 15.4. The molecule has 0 aliphatic heterocycles. The number of halogens is 1. The Hall–Kier alpha value is -2.58. The summed E-state index contributed by atoms with van der Waals surface area (Å²) >= 11 is 6.20. The second-order valence-electron chi connectivity index (χ2n) is 8.32. The van der Waals surface area contributed by atoms with Crippen LogP contribution >= 0.6 is 11.6 Å². The minimum atomic E-state index is -3.79. The van der Waals surface area contributed by atoms with Gasteiger partial charge in [-0.2, -0.15) is 0 Å². The van der Waals surface area contributed by atoms with Crippen LogP contribution in [0.4, 0.5) is 5.69 Å². The number of hydrogen-bond donors (Lipinski definition) is 1. The number of benzene rings is 2. The fraction of sp³-hybridized carbons (Fsp3) is 0.417. The molecule has 0 radical (unpaired) electrons. The van der Waals surface area contributed by atoms with Gasteiger partial charge in [0, 0.05) is 17.6 Å². The number of carbonyl (C=O) groups is 2. The zero-order chi connectivity index (χ0) is 24.8. The Bertz CT molecular complexity index is 1070. The Morgan fingerprint density at radius 1 is 1.03 bits per heavy atom. The third kappa shape index (κ3) is 7.47. The highest BCUT2D eigenvalue weighted by Gasteiger charge is 2.30. The molecule has 2 amide bonds. The molecule has 0 fully saturated rings. The maximum absolute atomic E-state index is 13.4. The lowest BCUT2D eigenvalue weighted by molar-refractivity contribution is -0.139. The quantitative estimate of drug-likeness (QED) is 0.549. The first-order valence-corrected chi connectivity index (χ1v) is 13.0. The van der Waals surface area contributed by atoms with E-state index in [0.29, 0.717) is 22.7 Å². The van der Waals surface area contributed by atoms with E-state index < -0.39 is 28.5 Å². The lowest BCUT2D eigenvalue weighted by Crippen LogP contribution is -2.53. The molecular weight excluding hydrogens is 462 g/mol. The molecular formula is C24H32ClN3O4S. The first-order valence-electron chi connectivity index (χ1n) is 10.8. The van der Waals surface area contributed by atoms with Crippen molar-refractivity contribution in [2.24, 2.45) is 0 Å². The molecule has 9 heteroatoms. The lowest BCUT2D eigenvalue weighted by atomic mass is 10.1. The average Bonchev–Trinajstić information content (AvgIpc) is 2.73. The van der Waals surface area contributed by atoms with Crippen molar-refractivity contribution in [3.63, 3.8) is 0 Å². The smallest absolute Gasteiger partial charge is 0.244 e. The molecule has 33 heavy (non-hydrogen) atoms. The largest absolute Gasteiger partial charge is 0.352 e. The fourth-order valence-corrected chi connectivity index (χ4v) is 4.51. The molecule has 0 spiro atoms. The minimum Gasteiger partial charge on any atom is -0.352 e. The standard InChI is InChI=1S/C24H32ClN3O4S/c1-17(2)26-24(30)19(4)27(15-14-20-10-7-6-8-11-20)23(29)16-28(33(5,31)32)22-13-9-12-21(25)18(22)3/h6-13,17,19H,14-16H2,1-5H3,(H,26,30). The van der Waals surface area contributed by atoms with Crippen LogP contribution in [-0.2, 0) is 26.0 Å². The molecule has 180 valence electrons. The van der Waals surface area contributed by atoms with E-state index in [9.17, 15) is 18.0 Å². The predicted molar refractivity (Wildman–Crippen MR) is 133 cm³/mol. The highest BCUT2D eigenvalue weighted by molar-refractivity contribution is 7.92. The Balaban J connectivity index is 2.35. The van der Waals surface area contributed by atoms with Gasteiger partial charge >= 0.3 is 0 Å². The molecule has 0 aliphatic carbocycles. The Morgan fingerprint density at radius 2 is 1.67 bits per heavy atom. The molecule has 1 N–H and O–H groups in total. The van der Waals surface area contributed by atoms with Gasteiger partial charge in [-0.05, 0) is 57.4 Å². The Kier molecular flexibility index (Phi) is 9.31. The van der Waals surface area contributed by atoms with Gasteiger partial charge in [0.1, 0.15) is 12.6 Å². The monoisotopic (exact) mass is 493 g/mol. The molecule has 7 nitrogen and oxygen atoms in total. The summed E-state index contributed by atoms with van der Waals surface area (Å²) in [6.45, 7) is 6.86. The van der Waals surface area contributed by atoms with Crippen molar-refractivity contribution in [3.8, 4) is 0 Å². The van der Waals surface area contributed by atoms with Crippen LogP contribution in [0.3, 0.4) is 0 Å². The van der Waals surface area contributed by atoms with Gasteiger partial charge in [-0.25, -0.2) is 8.42 Å². The van der Waals surface area contributed by atoms with Crippen LogP contribution < -0.4 is 9.62 Å². The van der Waals surface area contributed by atoms with Crippen LogP contribution in [0.2, 0.25) is 5.02 Å². The van der Waals surface area contributed by atoms with Gasteiger partial charge in [-0.1, -0.05) is 48.0 Å². The van der Waals surface area contributed by atoms with Crippen molar-refractivity contribution >= 4 is 39.1 Å². The highest BCUT2D eigenvalue weighted by Crippen LogP contribution is 2.28. The molecule has 0 aromatic heterocycles. The molecule has 0 bridgehead atoms. The lowest BCUT2D eigenvalue weighted by Gasteiger charge is -2.32. The number of nitrogens with one attached hydrogen (secondary N) is 1. The zero-order valence-corrected chi connectivity index (χ0v) is 21.3. The average molecular weight is 494 g/mol. The van der Waals surface area contributed by atoms with Gasteiger partial charge in [0.25, 0.3) is 0 Å². The normalized spacial score (nSPS) is 12.3. The van der Waals surface area contributed by atoms with Crippen molar-refractivity contribution in [1.82, 2.24) is 10.2 Å². The fourth-order valence-electron chi connectivity index (χ4n) is 3.44. The molecule has 0 aliphatic rings. The van der Waals surface area contributed by atoms with Crippen molar-refractivity contribution in [3.05, 3.63) is 64.7 Å². The van der Waals surface area contributed by atoms with Crippen LogP contribution in [0, 0.1) is 6.92 Å². The first kappa shape index (κ1) is 26.7. The molecule has 0 saturated heterocycles. The highest BCUT2D eigenvalue weighted by atomic mass is 35.5. The van der Waals surface area contributed by atoms with Gasteiger partial charge in [-0.3, -0.25) is 13.9 Å². The Labute approximate surface area is 201 Å². The van der Waals surface area contributed by atoms with Crippen LogP contribution in [0.25, 0.3) is 0 Å². The number of sulfonamides is 1. The number of rotatable bonds is 10. The summed E-state index contributed by atoms with van der Waals surface area (Å²) < 4.78 is 26.3. The van der Waals surface area contributed by atoms with E-state index in [4.69, 9.17) is 11.6 Å². The van der Waals surface area contributed by atoms with Crippen LogP contribution in [0.5, 0.6) is 0 Å². The van der Waals surface area contributed by atoms with Gasteiger partial charge in [0.05, 0.1) is 11.9 Å². The van der Waals surface area contributed by atoms with E-state index in [2.05, 4.69) is 5.32 Å². The number of anilines is 1. The summed E-state index contributed by atoms with van der Waals surface area (Å²) in [4.78, 5) is 27.6. The van der Waals surface area contributed by atoms with E-state index in [1.807, 2.05) is 44.2 Å². The van der Waals surface area contributed by atoms with Crippen molar-refractivity contribution in [1.29, 1.82) is 0 Å². The van der Waals surface area contributed by atoms with Crippen molar-refractivity contribution in [2.45, 2.75) is 46.2 Å². The van der Waals surface area contributed by atoms with Crippen LogP contribution in [-0.4, -0.2) is 56.6 Å². The molecule has 2 aromatic carbocycles. The van der Waals surface area contributed by atoms with E-state index >= 15 is 0 Å². The molecule has 0 heterocycles. The van der Waals surface area contributed by atoms with Gasteiger partial charge in [0.15, 0.2) is 0 Å². The second kappa shape index (κ2) is 11.5. The maximum Gasteiger partial charge on any atom is 0.244 e. The molecule has 1 unspecified atom stereocenters. The summed E-state index contributed by atoms with van der Waals surface area (Å²) in [5.74, 6) is -0.765. The van der Waals surface area contributed by atoms with E-state index in [-0.39, 0.29) is 18.5 Å². The summed E-state index contributed by atoms with van der Waals surface area (Å²) in [5.41, 5.74) is 1.90. The van der Waals surface area contributed by atoms with Gasteiger partial charge in [-0.15, -0.1) is 0 Å². The second-order valence-corrected chi connectivity index (χ2v) is 10.6. The SMILES string of the molecule is Cc1c(Cl)cccc1N(CC(=O)N(CCc1ccccc1)C(C)C(=O)NC(C)C)S(C)(=O)=O. The number of carbonyl (C=O) groups excluding carboxylic acids is 2. The number of hydrogen-bond acceptors (Lipinski definition) is 4. The predicted octanol–water partition coefficient (Wildman–Crippen LogP) is 3.40. The minimum absolute atomic E-state index is 0.0901. The van der Waals surface area contributed by atoms with E-state index in [1.54, 1.807) is 32.0 Å². The summed E-state index contributed by atoms with van der Waals surface area (Å²) in [6.07, 6.45) is 1.57. The summed E-state index contributed by atoms with van der Waals surface area (Å²) in [6, 6.07) is 13.7. The van der Waals surface area contributed by atoms with Crippen molar-refractivity contribution in [2.75, 3.05) is 23.7 Å². The molecule has 1 atom stereocenters. The topological polar surface area (TPSA) is 86.8 Å². The number of amides is 2. The third-order valence-corrected chi connectivity index (χ3v) is 6.81. The molecule has 2 aromatic rings. The molecule has 2 rings (SSSR count). The third-order valence-electron chi connectivity index (χ3n) is 5.27. The molecule has 0 saturated carbocycles. The van der Waals surface area contributed by atoms with Gasteiger partial charge < -0.3 is 10.2 Å². The van der Waals surface area contributed by atoms with Crippen molar-refractivity contribution < 1.29 is 18.0 Å². The van der Waals surface area contributed by atoms with Crippen LogP contribution in [0.15, 0.2) is 48.5 Å². The summed E-state index contributed by atoms with van der Waals surface area (Å²) in [5, 5.41) is 3.23. The Morgan fingerprint density at radius 3 is 2.24 bits per heavy atom. The van der Waals surface area contributed by atoms with E-state index in [1.165, 1.54) is 4.90 Å². The zero-order valence-electron chi connectivity index (χ0n) is 19.7. The summed E-state index contributed by atoms with van der Waals surface area (Å²) in [7, 11) is -3.79.